The Morgan fingerprint density at radius 1 is 1.05 bits per heavy atom. The van der Waals surface area contributed by atoms with Gasteiger partial charge in [0.05, 0.1) is 5.69 Å². The molecule has 0 aliphatic rings. The minimum absolute atomic E-state index is 0.423. The van der Waals surface area contributed by atoms with Gasteiger partial charge < -0.3 is 5.32 Å². The van der Waals surface area contributed by atoms with Gasteiger partial charge in [0, 0.05) is 12.2 Å². The Bertz CT molecular complexity index is 374. The molecule has 20 heavy (non-hydrogen) atoms. The van der Waals surface area contributed by atoms with Crippen LogP contribution in [0, 0.1) is 13.8 Å². The van der Waals surface area contributed by atoms with Crippen molar-refractivity contribution in [3.63, 3.8) is 0 Å². The van der Waals surface area contributed by atoms with Gasteiger partial charge in [-0.3, -0.25) is 4.98 Å². The number of nitrogens with one attached hydrogen (secondary N) is 1. The van der Waals surface area contributed by atoms with E-state index in [-0.39, 0.29) is 0 Å². The first-order chi connectivity index (χ1) is 9.69. The number of hydrogen-bond donors (Lipinski definition) is 1. The van der Waals surface area contributed by atoms with E-state index in [2.05, 4.69) is 44.1 Å². The van der Waals surface area contributed by atoms with Crippen LogP contribution in [0.4, 0.5) is 0 Å². The lowest BCUT2D eigenvalue weighted by atomic mass is 10.00. The molecular weight excluding hydrogens is 244 g/mol. The monoisotopic (exact) mass is 276 g/mol. The highest BCUT2D eigenvalue weighted by atomic mass is 14.9. The zero-order valence-electron chi connectivity index (χ0n) is 13.8. The molecule has 0 fully saturated rings. The summed E-state index contributed by atoms with van der Waals surface area (Å²) in [5.74, 6) is 0. The van der Waals surface area contributed by atoms with E-state index < -0.39 is 0 Å². The summed E-state index contributed by atoms with van der Waals surface area (Å²) in [7, 11) is 0. The van der Waals surface area contributed by atoms with Gasteiger partial charge in [0.15, 0.2) is 0 Å². The van der Waals surface area contributed by atoms with Gasteiger partial charge in [-0.2, -0.15) is 0 Å². The van der Waals surface area contributed by atoms with Crippen LogP contribution in [0.5, 0.6) is 0 Å². The average molecular weight is 276 g/mol. The van der Waals surface area contributed by atoms with Gasteiger partial charge in [0.25, 0.3) is 0 Å². The number of aryl methyl sites for hydroxylation is 2. The maximum Gasteiger partial charge on any atom is 0.0602 e. The third-order valence-corrected chi connectivity index (χ3v) is 3.88. The van der Waals surface area contributed by atoms with Crippen LogP contribution in [0.3, 0.4) is 0 Å². The molecule has 1 atom stereocenters. The highest BCUT2D eigenvalue weighted by molar-refractivity contribution is 5.25. The highest BCUT2D eigenvalue weighted by Gasteiger charge is 2.13. The molecule has 0 radical (unpaired) electrons. The molecule has 0 amide bonds. The molecule has 114 valence electrons. The van der Waals surface area contributed by atoms with Crippen molar-refractivity contribution in [1.82, 2.24) is 10.3 Å². The molecule has 1 N–H and O–H groups in total. The zero-order valence-corrected chi connectivity index (χ0v) is 13.8. The summed E-state index contributed by atoms with van der Waals surface area (Å²) in [6.07, 6.45) is 11.3. The first kappa shape index (κ1) is 17.2. The van der Waals surface area contributed by atoms with E-state index in [0.717, 1.165) is 6.54 Å². The van der Waals surface area contributed by atoms with Crippen LogP contribution in [0.1, 0.15) is 81.7 Å². The molecule has 0 aliphatic carbocycles. The van der Waals surface area contributed by atoms with Crippen LogP contribution in [-0.4, -0.2) is 11.5 Å². The van der Waals surface area contributed by atoms with Crippen molar-refractivity contribution < 1.29 is 0 Å². The van der Waals surface area contributed by atoms with Crippen molar-refractivity contribution in [3.8, 4) is 0 Å². The number of rotatable bonds is 10. The van der Waals surface area contributed by atoms with E-state index in [1.807, 2.05) is 6.20 Å². The first-order valence-electron chi connectivity index (χ1n) is 8.35. The van der Waals surface area contributed by atoms with E-state index in [0.29, 0.717) is 6.04 Å². The smallest absolute Gasteiger partial charge is 0.0602 e. The van der Waals surface area contributed by atoms with E-state index in [1.165, 1.54) is 61.8 Å². The minimum atomic E-state index is 0.423. The molecule has 1 aromatic heterocycles. The molecule has 0 spiro atoms. The highest BCUT2D eigenvalue weighted by Crippen LogP contribution is 2.22. The Balaban J connectivity index is 2.47. The van der Waals surface area contributed by atoms with Crippen molar-refractivity contribution in [3.05, 3.63) is 29.1 Å². The Morgan fingerprint density at radius 3 is 2.40 bits per heavy atom. The summed E-state index contributed by atoms with van der Waals surface area (Å²) in [5, 5.41) is 3.60. The molecule has 1 aromatic rings. The molecule has 2 nitrogen and oxygen atoms in total. The van der Waals surface area contributed by atoms with E-state index in [1.54, 1.807) is 0 Å². The molecule has 2 heteroatoms. The SMILES string of the molecule is CCCCCCCCC(NCC)c1ncc(C)cc1C. The maximum absolute atomic E-state index is 4.66. The summed E-state index contributed by atoms with van der Waals surface area (Å²) in [4.78, 5) is 4.66. The molecule has 1 unspecified atom stereocenters. The van der Waals surface area contributed by atoms with Gasteiger partial charge in [-0.1, -0.05) is 58.4 Å². The fraction of sp³-hybridized carbons (Fsp3) is 0.722. The third-order valence-electron chi connectivity index (χ3n) is 3.88. The van der Waals surface area contributed by atoms with Crippen LogP contribution >= 0.6 is 0 Å². The lowest BCUT2D eigenvalue weighted by molar-refractivity contribution is 0.466. The molecule has 0 aromatic carbocycles. The van der Waals surface area contributed by atoms with Crippen molar-refractivity contribution in [2.75, 3.05) is 6.54 Å². The first-order valence-corrected chi connectivity index (χ1v) is 8.35. The van der Waals surface area contributed by atoms with E-state index in [9.17, 15) is 0 Å². The summed E-state index contributed by atoms with van der Waals surface area (Å²) in [5.41, 5.74) is 3.81. The Labute approximate surface area is 125 Å². The van der Waals surface area contributed by atoms with Gasteiger partial charge in [-0.05, 0) is 37.9 Å². The van der Waals surface area contributed by atoms with Crippen LogP contribution in [0.25, 0.3) is 0 Å². The van der Waals surface area contributed by atoms with Crippen molar-refractivity contribution in [2.45, 2.75) is 78.7 Å². The molecular formula is C18H32N2. The number of aromatic nitrogens is 1. The van der Waals surface area contributed by atoms with Gasteiger partial charge in [-0.25, -0.2) is 0 Å². The second-order valence-electron chi connectivity index (χ2n) is 5.88. The summed E-state index contributed by atoms with van der Waals surface area (Å²) in [6.45, 7) is 9.75. The van der Waals surface area contributed by atoms with E-state index >= 15 is 0 Å². The predicted molar refractivity (Wildman–Crippen MR) is 88.1 cm³/mol. The topological polar surface area (TPSA) is 24.9 Å². The zero-order chi connectivity index (χ0) is 14.8. The standard InChI is InChI=1S/C18H32N2/c1-5-7-8-9-10-11-12-17(19-6-2)18-16(4)13-15(3)14-20-18/h13-14,17,19H,5-12H2,1-4H3. The number of pyridine rings is 1. The fourth-order valence-corrected chi connectivity index (χ4v) is 2.80. The predicted octanol–water partition coefficient (Wildman–Crippen LogP) is 5.10. The summed E-state index contributed by atoms with van der Waals surface area (Å²) < 4.78 is 0. The van der Waals surface area contributed by atoms with Crippen LogP contribution in [0.15, 0.2) is 12.3 Å². The summed E-state index contributed by atoms with van der Waals surface area (Å²) >= 11 is 0. The third kappa shape index (κ3) is 6.04. The number of unbranched alkanes of at least 4 members (excludes halogenated alkanes) is 5. The largest absolute Gasteiger partial charge is 0.309 e. The second-order valence-corrected chi connectivity index (χ2v) is 5.88. The van der Waals surface area contributed by atoms with Crippen molar-refractivity contribution in [2.24, 2.45) is 0 Å². The second kappa shape index (κ2) is 9.93. The molecule has 0 aliphatic heterocycles. The van der Waals surface area contributed by atoms with Crippen molar-refractivity contribution >= 4 is 0 Å². The maximum atomic E-state index is 4.66. The average Bonchev–Trinajstić information content (AvgIpc) is 2.42. The Hall–Kier alpha value is -0.890. The normalized spacial score (nSPS) is 12.6. The number of hydrogen-bond acceptors (Lipinski definition) is 2. The summed E-state index contributed by atoms with van der Waals surface area (Å²) in [6, 6.07) is 2.67. The molecule has 0 bridgehead atoms. The lowest BCUT2D eigenvalue weighted by Crippen LogP contribution is -2.22. The van der Waals surface area contributed by atoms with Crippen molar-refractivity contribution in [1.29, 1.82) is 0 Å². The van der Waals surface area contributed by atoms with Crippen LogP contribution < -0.4 is 5.32 Å². The van der Waals surface area contributed by atoms with Crippen LogP contribution in [0.2, 0.25) is 0 Å². The molecule has 1 heterocycles. The molecule has 1 rings (SSSR count). The quantitative estimate of drug-likeness (QED) is 0.601. The molecule has 0 saturated carbocycles. The lowest BCUT2D eigenvalue weighted by Gasteiger charge is -2.19. The van der Waals surface area contributed by atoms with Crippen LogP contribution in [-0.2, 0) is 0 Å². The van der Waals surface area contributed by atoms with Gasteiger partial charge in [0.1, 0.15) is 0 Å². The minimum Gasteiger partial charge on any atom is -0.309 e. The van der Waals surface area contributed by atoms with E-state index in [4.69, 9.17) is 0 Å². The molecule has 0 saturated heterocycles. The Kier molecular flexibility index (Phi) is 8.52. The van der Waals surface area contributed by atoms with Gasteiger partial charge in [0.2, 0.25) is 0 Å². The number of nitrogens with zero attached hydrogens (tertiary/aromatic N) is 1. The Morgan fingerprint density at radius 2 is 1.75 bits per heavy atom. The van der Waals surface area contributed by atoms with Gasteiger partial charge >= 0.3 is 0 Å². The van der Waals surface area contributed by atoms with Gasteiger partial charge in [-0.15, -0.1) is 0 Å². The fourth-order valence-electron chi connectivity index (χ4n) is 2.80.